The van der Waals surface area contributed by atoms with Gasteiger partial charge in [0.15, 0.2) is 6.61 Å². The Labute approximate surface area is 137 Å². The van der Waals surface area contributed by atoms with Crippen LogP contribution in [-0.2, 0) is 4.79 Å². The summed E-state index contributed by atoms with van der Waals surface area (Å²) in [5.41, 5.74) is 0.871. The van der Waals surface area contributed by atoms with E-state index < -0.39 is 0 Å². The fraction of sp³-hybridized carbons (Fsp3) is 0.533. The molecule has 0 aliphatic carbocycles. The summed E-state index contributed by atoms with van der Waals surface area (Å²) in [6.07, 6.45) is 2.12. The van der Waals surface area contributed by atoms with Crippen molar-refractivity contribution >= 4 is 29.9 Å². The maximum Gasteiger partial charge on any atom is 0.260 e. The van der Waals surface area contributed by atoms with Gasteiger partial charge in [-0.3, -0.25) is 4.79 Å². The highest BCUT2D eigenvalue weighted by Crippen LogP contribution is 2.25. The predicted octanol–water partition coefficient (Wildman–Crippen LogP) is 2.66. The maximum absolute atomic E-state index is 12.2. The molecule has 1 fully saturated rings. The van der Waals surface area contributed by atoms with Crippen molar-refractivity contribution in [3.05, 3.63) is 28.8 Å². The van der Waals surface area contributed by atoms with Crippen LogP contribution in [0.25, 0.3) is 0 Å². The van der Waals surface area contributed by atoms with Gasteiger partial charge in [0.2, 0.25) is 0 Å². The van der Waals surface area contributed by atoms with E-state index in [4.69, 9.17) is 16.3 Å². The number of ether oxygens (including phenoxy) is 1. The smallest absolute Gasteiger partial charge is 0.260 e. The van der Waals surface area contributed by atoms with Crippen molar-refractivity contribution in [2.45, 2.75) is 25.8 Å². The second-order valence-electron chi connectivity index (χ2n) is 5.09. The molecule has 0 radical (unpaired) electrons. The summed E-state index contributed by atoms with van der Waals surface area (Å²) in [4.78, 5) is 14.2. The Balaban J connectivity index is 0.00000220. The molecule has 1 atom stereocenters. The molecule has 0 saturated carbocycles. The Kier molecular flexibility index (Phi) is 7.29. The molecule has 0 bridgehead atoms. The molecular weight excluding hydrogens is 311 g/mol. The highest BCUT2D eigenvalue weighted by Gasteiger charge is 2.28. The van der Waals surface area contributed by atoms with E-state index in [1.165, 1.54) is 0 Å². The van der Waals surface area contributed by atoms with Gasteiger partial charge in [-0.2, -0.15) is 0 Å². The van der Waals surface area contributed by atoms with Crippen molar-refractivity contribution in [2.75, 3.05) is 26.7 Å². The molecule has 1 aliphatic rings. The Bertz CT molecular complexity index is 483. The van der Waals surface area contributed by atoms with Crippen LogP contribution in [-0.4, -0.2) is 43.6 Å². The van der Waals surface area contributed by atoms with E-state index in [-0.39, 0.29) is 31.0 Å². The second kappa shape index (κ2) is 8.47. The number of amides is 1. The van der Waals surface area contributed by atoms with E-state index in [2.05, 4.69) is 5.32 Å². The molecule has 1 amide bonds. The van der Waals surface area contributed by atoms with Crippen LogP contribution in [0, 0.1) is 6.92 Å². The first-order valence-electron chi connectivity index (χ1n) is 6.95. The monoisotopic (exact) mass is 332 g/mol. The van der Waals surface area contributed by atoms with Crippen LogP contribution >= 0.6 is 24.0 Å². The predicted molar refractivity (Wildman–Crippen MR) is 87.6 cm³/mol. The van der Waals surface area contributed by atoms with Crippen LogP contribution in [0.4, 0.5) is 0 Å². The van der Waals surface area contributed by atoms with Gasteiger partial charge < -0.3 is 15.0 Å². The lowest BCUT2D eigenvalue weighted by Gasteiger charge is -2.24. The van der Waals surface area contributed by atoms with Crippen molar-refractivity contribution in [3.8, 4) is 5.75 Å². The van der Waals surface area contributed by atoms with E-state index >= 15 is 0 Å². The van der Waals surface area contributed by atoms with Gasteiger partial charge >= 0.3 is 0 Å². The Morgan fingerprint density at radius 3 is 3.00 bits per heavy atom. The van der Waals surface area contributed by atoms with Gasteiger partial charge in [0.1, 0.15) is 5.75 Å². The number of hydrogen-bond donors (Lipinski definition) is 1. The second-order valence-corrected chi connectivity index (χ2v) is 5.50. The van der Waals surface area contributed by atoms with Crippen molar-refractivity contribution < 1.29 is 9.53 Å². The summed E-state index contributed by atoms with van der Waals surface area (Å²) < 4.78 is 5.62. The zero-order valence-corrected chi connectivity index (χ0v) is 14.0. The largest absolute Gasteiger partial charge is 0.483 e. The summed E-state index contributed by atoms with van der Waals surface area (Å²) in [5, 5.41) is 3.79. The lowest BCUT2D eigenvalue weighted by Crippen LogP contribution is -2.43. The number of likely N-dealkylation sites (tertiary alicyclic amines) is 1. The van der Waals surface area contributed by atoms with Crippen LogP contribution in [0.15, 0.2) is 18.2 Å². The number of nitrogens with one attached hydrogen (secondary N) is 1. The Morgan fingerprint density at radius 1 is 1.52 bits per heavy atom. The molecule has 1 aliphatic heterocycles. The summed E-state index contributed by atoms with van der Waals surface area (Å²) in [7, 11) is 1.91. The van der Waals surface area contributed by atoms with Crippen molar-refractivity contribution in [1.29, 1.82) is 0 Å². The molecule has 4 nitrogen and oxygen atoms in total. The van der Waals surface area contributed by atoms with Gasteiger partial charge in [-0.15, -0.1) is 12.4 Å². The van der Waals surface area contributed by atoms with Crippen LogP contribution in [0.5, 0.6) is 5.75 Å². The van der Waals surface area contributed by atoms with Gasteiger partial charge in [-0.1, -0.05) is 17.7 Å². The molecule has 1 heterocycles. The first kappa shape index (κ1) is 18.1. The van der Waals surface area contributed by atoms with Crippen LogP contribution in [0.2, 0.25) is 5.02 Å². The molecule has 0 spiro atoms. The molecule has 0 aromatic heterocycles. The number of likely N-dealkylation sites (N-methyl/N-ethyl adjacent to an activating group) is 1. The number of carbonyl (C=O) groups is 1. The lowest BCUT2D eigenvalue weighted by atomic mass is 10.2. The standard InChI is InChI=1S/C15H21ClN2O2.ClH/c1-11-13(16)6-3-7-14(11)20-10-15(19)18-8-4-5-12(18)9-17-2;/h3,6-7,12,17H,4-5,8-10H2,1-2H3;1H. The van der Waals surface area contributed by atoms with E-state index in [0.29, 0.717) is 10.8 Å². The average molecular weight is 333 g/mol. The summed E-state index contributed by atoms with van der Waals surface area (Å²) in [6, 6.07) is 5.77. The molecule has 1 saturated heterocycles. The van der Waals surface area contributed by atoms with Gasteiger partial charge in [0.25, 0.3) is 5.91 Å². The average Bonchev–Trinajstić information content (AvgIpc) is 2.89. The minimum Gasteiger partial charge on any atom is -0.483 e. The number of halogens is 2. The molecule has 1 aromatic rings. The van der Waals surface area contributed by atoms with Crippen LogP contribution < -0.4 is 10.1 Å². The van der Waals surface area contributed by atoms with Gasteiger partial charge in [0, 0.05) is 29.7 Å². The topological polar surface area (TPSA) is 41.6 Å². The molecule has 21 heavy (non-hydrogen) atoms. The van der Waals surface area contributed by atoms with E-state index in [9.17, 15) is 4.79 Å². The van der Waals surface area contributed by atoms with Crippen molar-refractivity contribution in [3.63, 3.8) is 0 Å². The lowest BCUT2D eigenvalue weighted by molar-refractivity contribution is -0.134. The molecule has 1 aromatic carbocycles. The first-order valence-corrected chi connectivity index (χ1v) is 7.33. The highest BCUT2D eigenvalue weighted by molar-refractivity contribution is 6.31. The fourth-order valence-electron chi connectivity index (χ4n) is 2.58. The molecule has 1 unspecified atom stereocenters. The third kappa shape index (κ3) is 4.50. The molecule has 6 heteroatoms. The Morgan fingerprint density at radius 2 is 2.29 bits per heavy atom. The molecule has 1 N–H and O–H groups in total. The van der Waals surface area contributed by atoms with E-state index in [1.54, 1.807) is 0 Å². The summed E-state index contributed by atoms with van der Waals surface area (Å²) in [5.74, 6) is 0.720. The number of nitrogens with zero attached hydrogens (tertiary/aromatic N) is 1. The normalized spacial score (nSPS) is 17.5. The third-order valence-electron chi connectivity index (χ3n) is 3.71. The fourth-order valence-corrected chi connectivity index (χ4v) is 2.74. The Hall–Kier alpha value is -0.970. The van der Waals surface area contributed by atoms with Gasteiger partial charge in [-0.25, -0.2) is 0 Å². The van der Waals surface area contributed by atoms with Crippen molar-refractivity contribution in [2.24, 2.45) is 0 Å². The van der Waals surface area contributed by atoms with Gasteiger partial charge in [0.05, 0.1) is 0 Å². The summed E-state index contributed by atoms with van der Waals surface area (Å²) in [6.45, 7) is 3.62. The zero-order valence-electron chi connectivity index (χ0n) is 12.4. The number of rotatable bonds is 5. The van der Waals surface area contributed by atoms with E-state index in [0.717, 1.165) is 31.5 Å². The number of benzene rings is 1. The first-order chi connectivity index (χ1) is 9.63. The quantitative estimate of drug-likeness (QED) is 0.901. The summed E-state index contributed by atoms with van der Waals surface area (Å²) >= 11 is 6.04. The minimum atomic E-state index is 0. The SMILES string of the molecule is CNCC1CCCN1C(=O)COc1cccc(Cl)c1C.Cl. The molecule has 2 rings (SSSR count). The zero-order chi connectivity index (χ0) is 14.5. The maximum atomic E-state index is 12.2. The molecular formula is C15H22Cl2N2O2. The third-order valence-corrected chi connectivity index (χ3v) is 4.12. The minimum absolute atomic E-state index is 0. The van der Waals surface area contributed by atoms with Crippen LogP contribution in [0.3, 0.4) is 0 Å². The molecule has 118 valence electrons. The number of hydrogen-bond acceptors (Lipinski definition) is 3. The van der Waals surface area contributed by atoms with Crippen molar-refractivity contribution in [1.82, 2.24) is 10.2 Å². The van der Waals surface area contributed by atoms with Crippen LogP contribution in [0.1, 0.15) is 18.4 Å². The number of carbonyl (C=O) groups excluding carboxylic acids is 1. The van der Waals surface area contributed by atoms with E-state index in [1.807, 2.05) is 37.1 Å². The van der Waals surface area contributed by atoms with Gasteiger partial charge in [-0.05, 0) is 38.9 Å². The highest BCUT2D eigenvalue weighted by atomic mass is 35.5.